The van der Waals surface area contributed by atoms with E-state index in [2.05, 4.69) is 15.6 Å². The molecule has 3 rings (SSSR count). The average molecular weight is 623 g/mol. The van der Waals surface area contributed by atoms with Gasteiger partial charge in [-0.2, -0.15) is 13.2 Å². The number of primary amides is 1. The van der Waals surface area contributed by atoms with Crippen molar-refractivity contribution in [2.24, 2.45) is 5.73 Å². The van der Waals surface area contributed by atoms with Crippen molar-refractivity contribution >= 4 is 11.8 Å². The molecule has 0 aliphatic rings. The summed E-state index contributed by atoms with van der Waals surface area (Å²) in [4.78, 5) is 28.9. The number of carbonyl (C=O) groups excluding carboxylic acids is 2. The number of carbonyl (C=O) groups is 2. The maximum Gasteiger partial charge on any atom is 0.424 e. The Bertz CT molecular complexity index is 1470. The number of halogens is 4. The summed E-state index contributed by atoms with van der Waals surface area (Å²) in [7, 11) is 3.10. The van der Waals surface area contributed by atoms with Crippen molar-refractivity contribution in [1.82, 2.24) is 15.6 Å². The lowest BCUT2D eigenvalue weighted by atomic mass is 9.93. The number of amides is 2. The number of ether oxygens (including phenoxy) is 3. The molecule has 0 bridgehead atoms. The maximum absolute atomic E-state index is 14.6. The molecule has 0 aliphatic carbocycles. The lowest BCUT2D eigenvalue weighted by Gasteiger charge is -2.31. The van der Waals surface area contributed by atoms with Gasteiger partial charge in [-0.05, 0) is 69.4 Å². The summed E-state index contributed by atoms with van der Waals surface area (Å²) in [6.07, 6.45) is -5.91. The molecular formula is C30H34F4N4O6. The summed E-state index contributed by atoms with van der Waals surface area (Å²) in [6.45, 7) is 2.46. The largest absolute Gasteiger partial charge is 0.493 e. The Morgan fingerprint density at radius 2 is 1.75 bits per heavy atom. The van der Waals surface area contributed by atoms with Crippen LogP contribution in [-0.2, 0) is 16.8 Å². The molecule has 5 N–H and O–H groups in total. The summed E-state index contributed by atoms with van der Waals surface area (Å²) in [5.74, 6) is -2.04. The number of likely N-dealkylation sites (N-methyl/N-ethyl adjacent to an activating group) is 1. The lowest BCUT2D eigenvalue weighted by Crippen LogP contribution is -2.51. The van der Waals surface area contributed by atoms with Crippen molar-refractivity contribution in [1.29, 1.82) is 0 Å². The minimum atomic E-state index is -5.36. The van der Waals surface area contributed by atoms with E-state index in [9.17, 15) is 32.3 Å². The van der Waals surface area contributed by atoms with Crippen molar-refractivity contribution in [3.05, 3.63) is 71.2 Å². The highest BCUT2D eigenvalue weighted by Gasteiger charge is 2.56. The molecule has 238 valence electrons. The van der Waals surface area contributed by atoms with Crippen LogP contribution < -0.4 is 30.6 Å². The van der Waals surface area contributed by atoms with E-state index in [1.54, 1.807) is 14.0 Å². The normalized spacial score (nSPS) is 13.5. The fourth-order valence-electron chi connectivity index (χ4n) is 4.10. The van der Waals surface area contributed by atoms with Crippen LogP contribution in [0, 0.1) is 5.82 Å². The van der Waals surface area contributed by atoms with Crippen LogP contribution in [-0.4, -0.2) is 68.0 Å². The van der Waals surface area contributed by atoms with Gasteiger partial charge in [0.2, 0.25) is 11.5 Å². The number of nitrogens with two attached hydrogens (primary N) is 1. The SMILES string of the molecule is CCOc1c(CC(N)=O)cc([C@@](O)(CNC(=O)c2ccc(OC[C@@H](C)NC)c(OC)c2)C(F)(F)F)nc1-c1ccc(F)cc1. The number of aliphatic hydroxyl groups is 1. The van der Waals surface area contributed by atoms with Crippen LogP contribution in [0.5, 0.6) is 17.2 Å². The number of nitrogens with one attached hydrogen (secondary N) is 2. The average Bonchev–Trinajstić information content (AvgIpc) is 2.98. The molecule has 1 aromatic heterocycles. The monoisotopic (exact) mass is 622 g/mol. The van der Waals surface area contributed by atoms with Crippen LogP contribution in [0.25, 0.3) is 11.3 Å². The first-order valence-corrected chi connectivity index (χ1v) is 13.5. The molecule has 0 spiro atoms. The van der Waals surface area contributed by atoms with Gasteiger partial charge in [-0.3, -0.25) is 9.59 Å². The van der Waals surface area contributed by atoms with Gasteiger partial charge in [-0.25, -0.2) is 9.37 Å². The maximum atomic E-state index is 14.6. The summed E-state index contributed by atoms with van der Waals surface area (Å²) < 4.78 is 73.9. The smallest absolute Gasteiger partial charge is 0.424 e. The first-order chi connectivity index (χ1) is 20.7. The van der Waals surface area contributed by atoms with Gasteiger partial charge in [0.05, 0.1) is 32.4 Å². The van der Waals surface area contributed by atoms with Crippen molar-refractivity contribution in [2.45, 2.75) is 38.1 Å². The Labute approximate surface area is 251 Å². The number of alkyl halides is 3. The Morgan fingerprint density at radius 3 is 2.32 bits per heavy atom. The second-order valence-corrected chi connectivity index (χ2v) is 9.83. The zero-order valence-corrected chi connectivity index (χ0v) is 24.5. The molecule has 0 radical (unpaired) electrons. The predicted molar refractivity (Wildman–Crippen MR) is 153 cm³/mol. The van der Waals surface area contributed by atoms with Gasteiger partial charge < -0.3 is 35.7 Å². The minimum Gasteiger partial charge on any atom is -0.493 e. The summed E-state index contributed by atoms with van der Waals surface area (Å²) in [5.41, 5.74) is 0.476. The molecular weight excluding hydrogens is 588 g/mol. The highest BCUT2D eigenvalue weighted by atomic mass is 19.4. The number of hydrogen-bond acceptors (Lipinski definition) is 8. The van der Waals surface area contributed by atoms with Crippen molar-refractivity contribution in [3.63, 3.8) is 0 Å². The number of pyridine rings is 1. The highest BCUT2D eigenvalue weighted by Crippen LogP contribution is 2.42. The van der Waals surface area contributed by atoms with Crippen LogP contribution in [0.1, 0.15) is 35.5 Å². The second-order valence-electron chi connectivity index (χ2n) is 9.83. The third kappa shape index (κ3) is 7.94. The molecule has 3 aromatic rings. The molecule has 2 aromatic carbocycles. The Kier molecular flexibility index (Phi) is 11.1. The van der Waals surface area contributed by atoms with E-state index in [1.165, 1.54) is 37.4 Å². The number of benzene rings is 2. The molecule has 0 unspecified atom stereocenters. The van der Waals surface area contributed by atoms with E-state index in [-0.39, 0.29) is 53.1 Å². The van der Waals surface area contributed by atoms with Crippen LogP contribution in [0.2, 0.25) is 0 Å². The van der Waals surface area contributed by atoms with Gasteiger partial charge in [-0.1, -0.05) is 0 Å². The fourth-order valence-corrected chi connectivity index (χ4v) is 4.10. The number of nitrogens with zero attached hydrogens (tertiary/aromatic N) is 1. The summed E-state index contributed by atoms with van der Waals surface area (Å²) >= 11 is 0. The number of rotatable bonds is 14. The lowest BCUT2D eigenvalue weighted by molar-refractivity contribution is -0.265. The summed E-state index contributed by atoms with van der Waals surface area (Å²) in [6, 6.07) is 9.55. The predicted octanol–water partition coefficient (Wildman–Crippen LogP) is 3.49. The molecule has 14 heteroatoms. The summed E-state index contributed by atoms with van der Waals surface area (Å²) in [5, 5.41) is 16.2. The van der Waals surface area contributed by atoms with Crippen molar-refractivity contribution < 1.29 is 46.5 Å². The van der Waals surface area contributed by atoms with Gasteiger partial charge in [0.15, 0.2) is 11.5 Å². The van der Waals surface area contributed by atoms with Crippen LogP contribution in [0.3, 0.4) is 0 Å². The minimum absolute atomic E-state index is 0.00555. The molecule has 44 heavy (non-hydrogen) atoms. The highest BCUT2D eigenvalue weighted by molar-refractivity contribution is 5.95. The topological polar surface area (TPSA) is 145 Å². The van der Waals surface area contributed by atoms with Gasteiger partial charge in [0.1, 0.15) is 23.9 Å². The number of aromatic nitrogens is 1. The van der Waals surface area contributed by atoms with E-state index in [0.29, 0.717) is 5.75 Å². The van der Waals surface area contributed by atoms with Gasteiger partial charge >= 0.3 is 6.18 Å². The zero-order chi connectivity index (χ0) is 32.7. The molecule has 0 aliphatic heterocycles. The van der Waals surface area contributed by atoms with Crippen molar-refractivity contribution in [3.8, 4) is 28.5 Å². The van der Waals surface area contributed by atoms with E-state index in [0.717, 1.165) is 18.2 Å². The van der Waals surface area contributed by atoms with Gasteiger partial charge in [0.25, 0.3) is 5.91 Å². The van der Waals surface area contributed by atoms with Crippen LogP contribution in [0.4, 0.5) is 17.6 Å². The van der Waals surface area contributed by atoms with Crippen LogP contribution >= 0.6 is 0 Å². The third-order valence-corrected chi connectivity index (χ3v) is 6.63. The molecule has 10 nitrogen and oxygen atoms in total. The molecule has 0 saturated heterocycles. The van der Waals surface area contributed by atoms with E-state index in [4.69, 9.17) is 19.9 Å². The Balaban J connectivity index is 2.03. The van der Waals surface area contributed by atoms with Crippen molar-refractivity contribution in [2.75, 3.05) is 33.9 Å². The molecule has 1 heterocycles. The third-order valence-electron chi connectivity index (χ3n) is 6.63. The fraction of sp³-hybridized carbons (Fsp3) is 0.367. The second kappa shape index (κ2) is 14.4. The molecule has 0 fully saturated rings. The quantitative estimate of drug-likeness (QED) is 0.200. The number of hydrogen-bond donors (Lipinski definition) is 4. The molecule has 2 amide bonds. The first kappa shape index (κ1) is 34.1. The van der Waals surface area contributed by atoms with Gasteiger partial charge in [0, 0.05) is 22.7 Å². The standard InChI is InChI=1S/C30H34F4N4O6/c1-5-43-27-20(14-25(35)39)13-24(38-26(27)18-6-9-21(31)10-7-18)29(41,30(32,33)34)16-37-28(40)19-8-11-22(23(12-19)42-4)44-15-17(2)36-3/h6-13,17,36,41H,5,14-16H2,1-4H3,(H2,35,39)(H,37,40)/t17-,29+/m1/s1. The zero-order valence-electron chi connectivity index (χ0n) is 24.5. The first-order valence-electron chi connectivity index (χ1n) is 13.5. The van der Waals surface area contributed by atoms with E-state index < -0.39 is 48.1 Å². The molecule has 0 saturated carbocycles. The Hall–Kier alpha value is -4.43. The van der Waals surface area contributed by atoms with Gasteiger partial charge in [-0.15, -0.1) is 0 Å². The Morgan fingerprint density at radius 1 is 1.07 bits per heavy atom. The number of methoxy groups -OCH3 is 1. The van der Waals surface area contributed by atoms with Crippen LogP contribution in [0.15, 0.2) is 48.5 Å². The molecule has 2 atom stereocenters. The van der Waals surface area contributed by atoms with E-state index in [1.807, 2.05) is 6.92 Å². The van der Waals surface area contributed by atoms with E-state index >= 15 is 0 Å².